The number of thioether (sulfide) groups is 1. The van der Waals surface area contributed by atoms with Crippen LogP contribution in [0.5, 0.6) is 0 Å². The number of nitrogens with two attached hydrogens (primary N) is 1. The van der Waals surface area contributed by atoms with Gasteiger partial charge in [0.1, 0.15) is 0 Å². The average Bonchev–Trinajstić information content (AvgIpc) is 2.62. The molecule has 2 aromatic carbocycles. The first kappa shape index (κ1) is 18.1. The van der Waals surface area contributed by atoms with Crippen molar-refractivity contribution < 1.29 is 0 Å². The summed E-state index contributed by atoms with van der Waals surface area (Å²) in [6.45, 7) is 6.48. The number of nitrogen functional groups attached to an aromatic ring is 1. The minimum atomic E-state index is 0.900. The maximum atomic E-state index is 5.98. The molecule has 0 saturated carbocycles. The third-order valence-electron chi connectivity index (χ3n) is 5.28. The van der Waals surface area contributed by atoms with Gasteiger partial charge in [0.05, 0.1) is 0 Å². The van der Waals surface area contributed by atoms with Crippen molar-refractivity contribution in [1.29, 1.82) is 0 Å². The van der Waals surface area contributed by atoms with E-state index in [0.29, 0.717) is 0 Å². The molecule has 3 rings (SSSR count). The van der Waals surface area contributed by atoms with Gasteiger partial charge in [0, 0.05) is 11.4 Å². The highest BCUT2D eigenvalue weighted by molar-refractivity contribution is 8.02. The Hall–Kier alpha value is -1.67. The Morgan fingerprint density at radius 3 is 2.60 bits per heavy atom. The van der Waals surface area contributed by atoms with E-state index in [-0.39, 0.29) is 0 Å². The van der Waals surface area contributed by atoms with Gasteiger partial charge in [-0.1, -0.05) is 24.3 Å². The zero-order valence-electron chi connectivity index (χ0n) is 15.7. The highest BCUT2D eigenvalue weighted by Crippen LogP contribution is 2.27. The predicted octanol–water partition coefficient (Wildman–Crippen LogP) is 6.10. The van der Waals surface area contributed by atoms with Crippen molar-refractivity contribution in [3.8, 4) is 0 Å². The molecule has 0 atom stereocenters. The van der Waals surface area contributed by atoms with Gasteiger partial charge in [-0.2, -0.15) is 0 Å². The second kappa shape index (κ2) is 8.14. The van der Waals surface area contributed by atoms with Crippen molar-refractivity contribution in [2.75, 3.05) is 11.5 Å². The SMILES string of the molecule is C/C(=C\SCCc1cc(C)c(N)cc1C)c1ccc2c(c1)CCCC2. The monoisotopic (exact) mass is 351 g/mol. The van der Waals surface area contributed by atoms with Gasteiger partial charge in [0.25, 0.3) is 0 Å². The van der Waals surface area contributed by atoms with Crippen LogP contribution in [-0.2, 0) is 19.3 Å². The molecule has 0 unspecified atom stereocenters. The van der Waals surface area contributed by atoms with Gasteiger partial charge in [-0.25, -0.2) is 0 Å². The summed E-state index contributed by atoms with van der Waals surface area (Å²) in [6, 6.07) is 11.4. The van der Waals surface area contributed by atoms with E-state index in [1.54, 1.807) is 11.1 Å². The van der Waals surface area contributed by atoms with E-state index in [1.165, 1.54) is 53.5 Å². The fourth-order valence-corrected chi connectivity index (χ4v) is 4.41. The van der Waals surface area contributed by atoms with Gasteiger partial charge in [0.2, 0.25) is 0 Å². The highest BCUT2D eigenvalue weighted by Gasteiger charge is 2.10. The average molecular weight is 352 g/mol. The van der Waals surface area contributed by atoms with Crippen molar-refractivity contribution in [2.45, 2.75) is 52.9 Å². The van der Waals surface area contributed by atoms with Crippen molar-refractivity contribution in [3.63, 3.8) is 0 Å². The molecule has 1 aliphatic carbocycles. The van der Waals surface area contributed by atoms with E-state index in [4.69, 9.17) is 5.73 Å². The van der Waals surface area contributed by atoms with Crippen LogP contribution in [-0.4, -0.2) is 5.75 Å². The van der Waals surface area contributed by atoms with Crippen LogP contribution in [0.4, 0.5) is 5.69 Å². The third kappa shape index (κ3) is 4.49. The molecule has 0 bridgehead atoms. The first-order valence-corrected chi connectivity index (χ1v) is 10.4. The fraction of sp³-hybridized carbons (Fsp3) is 0.391. The minimum absolute atomic E-state index is 0.900. The molecule has 2 N–H and O–H groups in total. The number of aryl methyl sites for hydroxylation is 5. The van der Waals surface area contributed by atoms with E-state index in [9.17, 15) is 0 Å². The lowest BCUT2D eigenvalue weighted by Gasteiger charge is -2.16. The Bertz CT molecular complexity index is 789. The second-order valence-corrected chi connectivity index (χ2v) is 8.22. The minimum Gasteiger partial charge on any atom is -0.399 e. The number of benzene rings is 2. The van der Waals surface area contributed by atoms with Crippen molar-refractivity contribution in [1.82, 2.24) is 0 Å². The third-order valence-corrected chi connectivity index (χ3v) is 6.24. The molecule has 132 valence electrons. The summed E-state index contributed by atoms with van der Waals surface area (Å²) in [5, 5.41) is 2.32. The number of hydrogen-bond acceptors (Lipinski definition) is 2. The standard InChI is InChI=1S/C23H29NS/c1-16-13-23(24)17(2)12-21(16)10-11-25-15-18(3)20-9-8-19-6-4-5-7-22(19)14-20/h8-9,12-15H,4-7,10-11,24H2,1-3H3/b18-15+. The summed E-state index contributed by atoms with van der Waals surface area (Å²) in [6.07, 6.45) is 6.29. The van der Waals surface area contributed by atoms with E-state index >= 15 is 0 Å². The summed E-state index contributed by atoms with van der Waals surface area (Å²) in [5.41, 5.74) is 16.7. The van der Waals surface area contributed by atoms with Crippen LogP contribution < -0.4 is 5.73 Å². The molecule has 0 spiro atoms. The molecule has 0 heterocycles. The van der Waals surface area contributed by atoms with E-state index in [2.05, 4.69) is 56.5 Å². The van der Waals surface area contributed by atoms with Gasteiger partial charge in [-0.3, -0.25) is 0 Å². The summed E-state index contributed by atoms with van der Waals surface area (Å²) in [7, 11) is 0. The van der Waals surface area contributed by atoms with Gasteiger partial charge in [-0.05, 0) is 103 Å². The lowest BCUT2D eigenvalue weighted by molar-refractivity contribution is 0.685. The second-order valence-electron chi connectivity index (χ2n) is 7.25. The van der Waals surface area contributed by atoms with Crippen molar-refractivity contribution >= 4 is 23.0 Å². The Morgan fingerprint density at radius 1 is 1.04 bits per heavy atom. The number of allylic oxidation sites excluding steroid dienone is 1. The number of hydrogen-bond donors (Lipinski definition) is 1. The molecule has 0 aliphatic heterocycles. The molecule has 2 aromatic rings. The molecule has 2 heteroatoms. The number of fused-ring (bicyclic) bond motifs is 1. The zero-order valence-corrected chi connectivity index (χ0v) is 16.5. The van der Waals surface area contributed by atoms with Gasteiger partial charge >= 0.3 is 0 Å². The van der Waals surface area contributed by atoms with Gasteiger partial charge in [-0.15, -0.1) is 11.8 Å². The molecular weight excluding hydrogens is 322 g/mol. The number of rotatable bonds is 5. The van der Waals surface area contributed by atoms with Crippen LogP contribution in [0.25, 0.3) is 5.57 Å². The van der Waals surface area contributed by atoms with Crippen LogP contribution in [0.3, 0.4) is 0 Å². The van der Waals surface area contributed by atoms with Crippen LogP contribution in [0.15, 0.2) is 35.7 Å². The number of anilines is 1. The molecule has 0 aromatic heterocycles. The summed E-state index contributed by atoms with van der Waals surface area (Å²) in [5.74, 6) is 1.10. The maximum Gasteiger partial charge on any atom is 0.0346 e. The van der Waals surface area contributed by atoms with Crippen molar-refractivity contribution in [3.05, 3.63) is 69.1 Å². The predicted molar refractivity (Wildman–Crippen MR) is 113 cm³/mol. The molecule has 0 radical (unpaired) electrons. The van der Waals surface area contributed by atoms with Crippen LogP contribution in [0.1, 0.15) is 53.1 Å². The Labute approximate surface area is 156 Å². The van der Waals surface area contributed by atoms with Crippen molar-refractivity contribution in [2.24, 2.45) is 0 Å². The molecular formula is C23H29NS. The van der Waals surface area contributed by atoms with E-state index in [1.807, 2.05) is 11.8 Å². The highest BCUT2D eigenvalue weighted by atomic mass is 32.2. The normalized spacial score (nSPS) is 14.4. The molecule has 0 saturated heterocycles. The van der Waals surface area contributed by atoms with E-state index in [0.717, 1.165) is 17.9 Å². The Kier molecular flexibility index (Phi) is 5.90. The maximum absolute atomic E-state index is 5.98. The summed E-state index contributed by atoms with van der Waals surface area (Å²) in [4.78, 5) is 0. The summed E-state index contributed by atoms with van der Waals surface area (Å²) >= 11 is 1.91. The van der Waals surface area contributed by atoms with E-state index < -0.39 is 0 Å². The Morgan fingerprint density at radius 2 is 1.80 bits per heavy atom. The first-order chi connectivity index (χ1) is 12.0. The first-order valence-electron chi connectivity index (χ1n) is 9.31. The lowest BCUT2D eigenvalue weighted by Crippen LogP contribution is -2.02. The topological polar surface area (TPSA) is 26.0 Å². The van der Waals surface area contributed by atoms with Crippen LogP contribution in [0.2, 0.25) is 0 Å². The molecule has 25 heavy (non-hydrogen) atoms. The molecule has 1 aliphatic rings. The van der Waals surface area contributed by atoms with Crippen LogP contribution in [0, 0.1) is 13.8 Å². The molecule has 0 fully saturated rings. The lowest BCUT2D eigenvalue weighted by atomic mass is 9.89. The largest absolute Gasteiger partial charge is 0.399 e. The van der Waals surface area contributed by atoms with Crippen LogP contribution >= 0.6 is 11.8 Å². The molecule has 0 amide bonds. The Balaban J connectivity index is 1.60. The molecule has 1 nitrogen and oxygen atoms in total. The van der Waals surface area contributed by atoms with Gasteiger partial charge < -0.3 is 5.73 Å². The summed E-state index contributed by atoms with van der Waals surface area (Å²) < 4.78 is 0. The zero-order chi connectivity index (χ0) is 17.8. The smallest absolute Gasteiger partial charge is 0.0346 e. The van der Waals surface area contributed by atoms with Gasteiger partial charge in [0.15, 0.2) is 0 Å². The fourth-order valence-electron chi connectivity index (χ4n) is 3.57. The quantitative estimate of drug-likeness (QED) is 0.520.